The number of nitrogens with two attached hydrogens (primary N) is 1. The average Bonchev–Trinajstić information content (AvgIpc) is 2.93. The van der Waals surface area contributed by atoms with Crippen molar-refractivity contribution < 1.29 is 0 Å². The summed E-state index contributed by atoms with van der Waals surface area (Å²) in [4.78, 5) is 1.33. The van der Waals surface area contributed by atoms with Gasteiger partial charge in [-0.1, -0.05) is 29.8 Å². The van der Waals surface area contributed by atoms with Gasteiger partial charge in [-0.15, -0.1) is 11.3 Å². The first kappa shape index (κ1) is 14.5. The smallest absolute Gasteiger partial charge is 0.0406 e. The second-order valence-electron chi connectivity index (χ2n) is 5.00. The molecule has 0 amide bonds. The third-order valence-electron chi connectivity index (χ3n) is 3.23. The van der Waals surface area contributed by atoms with Gasteiger partial charge in [0.05, 0.1) is 0 Å². The van der Waals surface area contributed by atoms with E-state index in [9.17, 15) is 0 Å². The van der Waals surface area contributed by atoms with Gasteiger partial charge in [-0.2, -0.15) is 0 Å². The Kier molecular flexibility index (Phi) is 4.99. The topological polar surface area (TPSA) is 38.0 Å². The highest BCUT2D eigenvalue weighted by molar-refractivity contribution is 7.09. The molecule has 0 aliphatic heterocycles. The van der Waals surface area contributed by atoms with Gasteiger partial charge >= 0.3 is 0 Å². The zero-order valence-corrected chi connectivity index (χ0v) is 12.6. The molecule has 102 valence electrons. The van der Waals surface area contributed by atoms with E-state index in [0.29, 0.717) is 6.54 Å². The zero-order chi connectivity index (χ0) is 13.7. The molecule has 1 aromatic heterocycles. The fourth-order valence-electron chi connectivity index (χ4n) is 1.97. The van der Waals surface area contributed by atoms with E-state index in [1.807, 2.05) is 12.1 Å². The zero-order valence-electron chi connectivity index (χ0n) is 11.0. The Balaban J connectivity index is 1.98. The molecule has 0 aliphatic carbocycles. The van der Waals surface area contributed by atoms with Gasteiger partial charge in [0.25, 0.3) is 0 Å². The van der Waals surface area contributed by atoms with Crippen LogP contribution in [-0.4, -0.2) is 12.1 Å². The Labute approximate surface area is 123 Å². The van der Waals surface area contributed by atoms with Crippen molar-refractivity contribution in [3.8, 4) is 0 Å². The summed E-state index contributed by atoms with van der Waals surface area (Å²) < 4.78 is 0. The van der Waals surface area contributed by atoms with Crippen molar-refractivity contribution in [2.75, 3.05) is 6.54 Å². The molecule has 1 unspecified atom stereocenters. The molecular formula is C15H19ClN2S. The van der Waals surface area contributed by atoms with Crippen molar-refractivity contribution in [3.05, 3.63) is 57.2 Å². The fourth-order valence-corrected chi connectivity index (χ4v) is 2.74. The number of hydrogen-bond donors (Lipinski definition) is 2. The first-order chi connectivity index (χ1) is 9.11. The Hall–Kier alpha value is -0.870. The quantitative estimate of drug-likeness (QED) is 0.856. The minimum Gasteiger partial charge on any atom is -0.329 e. The maximum absolute atomic E-state index is 5.94. The first-order valence-corrected chi connectivity index (χ1v) is 7.59. The minimum absolute atomic E-state index is 0.0994. The van der Waals surface area contributed by atoms with Crippen LogP contribution in [0, 0.1) is 0 Å². The van der Waals surface area contributed by atoms with Gasteiger partial charge in [-0.3, -0.25) is 0 Å². The van der Waals surface area contributed by atoms with E-state index in [-0.39, 0.29) is 5.54 Å². The molecule has 19 heavy (non-hydrogen) atoms. The number of hydrogen-bond acceptors (Lipinski definition) is 3. The van der Waals surface area contributed by atoms with Crippen LogP contribution in [0.4, 0.5) is 0 Å². The molecule has 1 atom stereocenters. The van der Waals surface area contributed by atoms with Crippen LogP contribution in [0.25, 0.3) is 0 Å². The molecule has 2 nitrogen and oxygen atoms in total. The molecule has 0 fully saturated rings. The number of nitrogens with one attached hydrogen (secondary N) is 1. The van der Waals surface area contributed by atoms with Crippen molar-refractivity contribution >= 4 is 22.9 Å². The standard InChI is InChI=1S/C15H19ClN2S/c1-15(11-17,18-10-14-3-2-8-19-14)9-12-4-6-13(16)7-5-12/h2-8,18H,9-11,17H2,1H3. The number of halogens is 1. The van der Waals surface area contributed by atoms with E-state index < -0.39 is 0 Å². The summed E-state index contributed by atoms with van der Waals surface area (Å²) in [5.74, 6) is 0. The van der Waals surface area contributed by atoms with Gasteiger partial charge in [0.1, 0.15) is 0 Å². The molecule has 0 bridgehead atoms. The molecule has 1 aromatic carbocycles. The van der Waals surface area contributed by atoms with E-state index in [1.54, 1.807) is 11.3 Å². The molecule has 0 saturated heterocycles. The maximum atomic E-state index is 5.94. The maximum Gasteiger partial charge on any atom is 0.0406 e. The van der Waals surface area contributed by atoms with Gasteiger partial charge < -0.3 is 11.1 Å². The van der Waals surface area contributed by atoms with Crippen molar-refractivity contribution in [2.24, 2.45) is 5.73 Å². The molecule has 4 heteroatoms. The van der Waals surface area contributed by atoms with Crippen LogP contribution < -0.4 is 11.1 Å². The monoisotopic (exact) mass is 294 g/mol. The fraction of sp³-hybridized carbons (Fsp3) is 0.333. The van der Waals surface area contributed by atoms with E-state index in [1.165, 1.54) is 10.4 Å². The van der Waals surface area contributed by atoms with Crippen molar-refractivity contribution in [3.63, 3.8) is 0 Å². The van der Waals surface area contributed by atoms with Gasteiger partial charge in [0.2, 0.25) is 0 Å². The van der Waals surface area contributed by atoms with Gasteiger partial charge in [-0.25, -0.2) is 0 Å². The molecule has 3 N–H and O–H groups in total. The van der Waals surface area contributed by atoms with Gasteiger partial charge in [-0.05, 0) is 42.5 Å². The predicted molar refractivity (Wildman–Crippen MR) is 83.8 cm³/mol. The Morgan fingerprint density at radius 3 is 2.58 bits per heavy atom. The lowest BCUT2D eigenvalue weighted by atomic mass is 9.93. The van der Waals surface area contributed by atoms with Crippen molar-refractivity contribution in [1.29, 1.82) is 0 Å². The lowest BCUT2D eigenvalue weighted by Crippen LogP contribution is -2.49. The highest BCUT2D eigenvalue weighted by atomic mass is 35.5. The lowest BCUT2D eigenvalue weighted by molar-refractivity contribution is 0.360. The summed E-state index contributed by atoms with van der Waals surface area (Å²) in [6.07, 6.45) is 0.895. The van der Waals surface area contributed by atoms with E-state index in [2.05, 4.69) is 41.9 Å². The Morgan fingerprint density at radius 1 is 1.26 bits per heavy atom. The summed E-state index contributed by atoms with van der Waals surface area (Å²) in [6, 6.07) is 12.2. The third kappa shape index (κ3) is 4.32. The van der Waals surface area contributed by atoms with Crippen LogP contribution in [0.2, 0.25) is 5.02 Å². The van der Waals surface area contributed by atoms with Crippen LogP contribution in [-0.2, 0) is 13.0 Å². The molecule has 0 spiro atoms. The molecule has 0 radical (unpaired) electrons. The first-order valence-electron chi connectivity index (χ1n) is 6.33. The van der Waals surface area contributed by atoms with Crippen LogP contribution in [0.15, 0.2) is 41.8 Å². The summed E-state index contributed by atoms with van der Waals surface area (Å²) in [6.45, 7) is 3.62. The van der Waals surface area contributed by atoms with E-state index >= 15 is 0 Å². The molecular weight excluding hydrogens is 276 g/mol. The van der Waals surface area contributed by atoms with Gasteiger partial charge in [0, 0.05) is 28.5 Å². The van der Waals surface area contributed by atoms with Crippen molar-refractivity contribution in [2.45, 2.75) is 25.4 Å². The molecule has 0 aliphatic rings. The molecule has 2 aromatic rings. The second kappa shape index (κ2) is 6.53. The molecule has 1 heterocycles. The summed E-state index contributed by atoms with van der Waals surface area (Å²) in [7, 11) is 0. The average molecular weight is 295 g/mol. The normalized spacial score (nSPS) is 14.3. The summed E-state index contributed by atoms with van der Waals surface area (Å²) in [5.41, 5.74) is 7.09. The Morgan fingerprint density at radius 2 is 2.00 bits per heavy atom. The summed E-state index contributed by atoms with van der Waals surface area (Å²) in [5, 5.41) is 6.43. The van der Waals surface area contributed by atoms with Crippen LogP contribution >= 0.6 is 22.9 Å². The number of benzene rings is 1. The largest absolute Gasteiger partial charge is 0.329 e. The van der Waals surface area contributed by atoms with Crippen molar-refractivity contribution in [1.82, 2.24) is 5.32 Å². The van der Waals surface area contributed by atoms with Gasteiger partial charge in [0.15, 0.2) is 0 Å². The third-order valence-corrected chi connectivity index (χ3v) is 4.36. The lowest BCUT2D eigenvalue weighted by Gasteiger charge is -2.29. The van der Waals surface area contributed by atoms with Crippen LogP contribution in [0.3, 0.4) is 0 Å². The van der Waals surface area contributed by atoms with Crippen LogP contribution in [0.5, 0.6) is 0 Å². The predicted octanol–water partition coefficient (Wildman–Crippen LogP) is 3.45. The number of rotatable bonds is 6. The second-order valence-corrected chi connectivity index (χ2v) is 6.47. The van der Waals surface area contributed by atoms with E-state index in [0.717, 1.165) is 18.0 Å². The van der Waals surface area contributed by atoms with Crippen LogP contribution in [0.1, 0.15) is 17.4 Å². The molecule has 0 saturated carbocycles. The summed E-state index contributed by atoms with van der Waals surface area (Å²) >= 11 is 7.67. The highest BCUT2D eigenvalue weighted by Crippen LogP contribution is 2.17. The van der Waals surface area contributed by atoms with E-state index in [4.69, 9.17) is 17.3 Å². The molecule has 2 rings (SSSR count). The Bertz CT molecular complexity index is 495. The highest BCUT2D eigenvalue weighted by Gasteiger charge is 2.22. The SMILES string of the molecule is CC(CN)(Cc1ccc(Cl)cc1)NCc1cccs1. The number of thiophene rings is 1. The minimum atomic E-state index is -0.0994.